The summed E-state index contributed by atoms with van der Waals surface area (Å²) in [6.45, 7) is 9.45. The second kappa shape index (κ2) is 3.22. The molecule has 0 heterocycles. The molecule has 0 amide bonds. The first-order valence-electron chi connectivity index (χ1n) is 4.00. The smallest absolute Gasteiger partial charge is 0.156 e. The van der Waals surface area contributed by atoms with E-state index in [-0.39, 0.29) is 11.1 Å². The van der Waals surface area contributed by atoms with Crippen molar-refractivity contribution in [3.63, 3.8) is 0 Å². The summed E-state index contributed by atoms with van der Waals surface area (Å²) in [6, 6.07) is 0. The average molecular weight is 151 g/mol. The van der Waals surface area contributed by atoms with Crippen LogP contribution in [0.3, 0.4) is 0 Å². The molecule has 1 atom stereocenters. The number of rotatable bonds is 3. The minimum atomic E-state index is -0.726. The molecule has 3 heteroatoms. The van der Waals surface area contributed by atoms with Crippen molar-refractivity contribution < 1.29 is 5.11 Å². The van der Waals surface area contributed by atoms with Gasteiger partial charge in [-0.2, -0.15) is 0 Å². The van der Waals surface area contributed by atoms with Gasteiger partial charge in [0.05, 0.1) is 7.85 Å². The highest BCUT2D eigenvalue weighted by molar-refractivity contribution is 6.43. The lowest BCUT2D eigenvalue weighted by molar-refractivity contribution is 0.163. The predicted octanol–water partition coefficient (Wildman–Crippen LogP) is 1.59. The second-order valence-electron chi connectivity index (χ2n) is 4.43. The Morgan fingerprint density at radius 1 is 1.27 bits per heavy atom. The van der Waals surface area contributed by atoms with Gasteiger partial charge < -0.3 is 5.11 Å². The van der Waals surface area contributed by atoms with Gasteiger partial charge in [0, 0.05) is 5.50 Å². The van der Waals surface area contributed by atoms with Crippen molar-refractivity contribution >= 4 is 15.1 Å². The van der Waals surface area contributed by atoms with Gasteiger partial charge in [0.15, 0.2) is 7.28 Å². The van der Waals surface area contributed by atoms with Gasteiger partial charge in [0.1, 0.15) is 0 Å². The average Bonchev–Trinajstić information content (AvgIpc) is 1.56. The van der Waals surface area contributed by atoms with Gasteiger partial charge in [0.25, 0.3) is 0 Å². The van der Waals surface area contributed by atoms with E-state index in [4.69, 9.17) is 7.85 Å². The molecule has 1 nitrogen and oxygen atoms in total. The van der Waals surface area contributed by atoms with E-state index in [1.165, 1.54) is 0 Å². The van der Waals surface area contributed by atoms with Crippen LogP contribution >= 0.6 is 0 Å². The molecule has 0 spiro atoms. The molecule has 1 N–H and O–H groups in total. The van der Waals surface area contributed by atoms with Crippen LogP contribution in [-0.2, 0) is 0 Å². The highest BCUT2D eigenvalue weighted by Gasteiger charge is 2.26. The fraction of sp³-hybridized carbons (Fsp3) is 1.00. The Labute approximate surface area is 72.2 Å². The normalized spacial score (nSPS) is 16.2. The molecule has 1 unspecified atom stereocenters. The lowest BCUT2D eigenvalue weighted by Crippen LogP contribution is -2.33. The van der Waals surface area contributed by atoms with Gasteiger partial charge in [-0.15, -0.1) is 0 Å². The van der Waals surface area contributed by atoms with Crippen LogP contribution in [0, 0.1) is 0 Å². The van der Waals surface area contributed by atoms with Crippen molar-refractivity contribution in [3.8, 4) is 0 Å². The maximum atomic E-state index is 9.44. The molecule has 0 rings (SSSR count). The number of aliphatic hydroxyl groups is 1. The Kier molecular flexibility index (Phi) is 3.25. The molecular weight excluding hydrogens is 134 g/mol. The van der Waals surface area contributed by atoms with Gasteiger partial charge >= 0.3 is 0 Å². The summed E-state index contributed by atoms with van der Waals surface area (Å²) in [5.41, 5.74) is -0.726. The molecule has 0 aliphatic rings. The third-order valence-corrected chi connectivity index (χ3v) is 1.83. The van der Waals surface area contributed by atoms with Crippen LogP contribution in [-0.4, -0.2) is 25.7 Å². The molecule has 0 saturated heterocycles. The Hall–Kier alpha value is 0.0899. The highest BCUT2D eigenvalue weighted by atomic mass is 16.3. The topological polar surface area (TPSA) is 20.2 Å². The Morgan fingerprint density at radius 3 is 1.73 bits per heavy atom. The predicted molar refractivity (Wildman–Crippen MR) is 51.3 cm³/mol. The molecule has 0 fully saturated rings. The van der Waals surface area contributed by atoms with Gasteiger partial charge in [0.2, 0.25) is 0 Å². The van der Waals surface area contributed by atoms with Crippen LogP contribution in [0.15, 0.2) is 0 Å². The van der Waals surface area contributed by atoms with Crippen molar-refractivity contribution in [2.45, 2.75) is 51.3 Å². The molecule has 0 bridgehead atoms. The Balaban J connectivity index is 3.99. The zero-order chi connectivity index (χ0) is 9.28. The van der Waals surface area contributed by atoms with Crippen LogP contribution in [0.25, 0.3) is 0 Å². The van der Waals surface area contributed by atoms with Crippen molar-refractivity contribution in [2.75, 3.05) is 0 Å². The maximum Gasteiger partial charge on any atom is 0.156 e. The van der Waals surface area contributed by atoms with E-state index in [2.05, 4.69) is 0 Å². The van der Waals surface area contributed by atoms with Crippen LogP contribution in [0.2, 0.25) is 11.1 Å². The Morgan fingerprint density at radius 2 is 1.64 bits per heavy atom. The first-order chi connectivity index (χ1) is 4.63. The SMILES string of the molecule is [B]C(C)(C)C(C)[B]C(C)(C)O. The monoisotopic (exact) mass is 151 g/mol. The summed E-state index contributed by atoms with van der Waals surface area (Å²) < 4.78 is 0. The molecule has 0 aromatic rings. The maximum absolute atomic E-state index is 9.44. The molecule has 0 aliphatic carbocycles. The fourth-order valence-electron chi connectivity index (χ4n) is 0.827. The summed E-state index contributed by atoms with van der Waals surface area (Å²) >= 11 is 0. The summed E-state index contributed by atoms with van der Waals surface area (Å²) in [4.78, 5) is 0. The number of hydrogen-bond acceptors (Lipinski definition) is 1. The first-order valence-corrected chi connectivity index (χ1v) is 4.00. The second-order valence-corrected chi connectivity index (χ2v) is 4.43. The van der Waals surface area contributed by atoms with Crippen LogP contribution in [0.4, 0.5) is 0 Å². The third kappa shape index (κ3) is 5.37. The van der Waals surface area contributed by atoms with Crippen LogP contribution in [0.1, 0.15) is 34.6 Å². The van der Waals surface area contributed by atoms with Crippen molar-refractivity contribution in [1.29, 1.82) is 0 Å². The van der Waals surface area contributed by atoms with Crippen molar-refractivity contribution in [3.05, 3.63) is 0 Å². The minimum Gasteiger partial charge on any atom is -0.400 e. The zero-order valence-electron chi connectivity index (χ0n) is 8.18. The molecule has 0 aromatic heterocycles. The van der Waals surface area contributed by atoms with Crippen LogP contribution in [0.5, 0.6) is 0 Å². The molecule has 0 aliphatic heterocycles. The first kappa shape index (κ1) is 11.1. The van der Waals surface area contributed by atoms with E-state index in [0.29, 0.717) is 0 Å². The van der Waals surface area contributed by atoms with Crippen molar-refractivity contribution in [1.82, 2.24) is 0 Å². The minimum absolute atomic E-state index is 0.211. The lowest BCUT2D eigenvalue weighted by Gasteiger charge is -2.31. The van der Waals surface area contributed by atoms with E-state index >= 15 is 0 Å². The number of hydrogen-bond donors (Lipinski definition) is 1. The van der Waals surface area contributed by atoms with Crippen molar-refractivity contribution in [2.24, 2.45) is 0 Å². The van der Waals surface area contributed by atoms with Gasteiger partial charge in [-0.05, 0) is 13.8 Å². The molecule has 3 radical (unpaired) electrons. The van der Waals surface area contributed by atoms with Gasteiger partial charge in [-0.3, -0.25) is 0 Å². The Bertz CT molecular complexity index is 121. The van der Waals surface area contributed by atoms with E-state index in [1.807, 2.05) is 28.1 Å². The quantitative estimate of drug-likeness (QED) is 0.607. The summed E-state index contributed by atoms with van der Waals surface area (Å²) in [5.74, 6) is 0.211. The lowest BCUT2D eigenvalue weighted by atomic mass is 9.43. The zero-order valence-corrected chi connectivity index (χ0v) is 8.18. The van der Waals surface area contributed by atoms with E-state index in [9.17, 15) is 5.11 Å². The van der Waals surface area contributed by atoms with E-state index < -0.39 is 5.50 Å². The highest BCUT2D eigenvalue weighted by Crippen LogP contribution is 2.35. The van der Waals surface area contributed by atoms with E-state index in [0.717, 1.165) is 0 Å². The van der Waals surface area contributed by atoms with E-state index in [1.54, 1.807) is 13.8 Å². The molecular formula is C8H17B2O. The van der Waals surface area contributed by atoms with Crippen LogP contribution < -0.4 is 0 Å². The summed E-state index contributed by atoms with van der Waals surface area (Å²) in [7, 11) is 7.71. The van der Waals surface area contributed by atoms with Gasteiger partial charge in [-0.25, -0.2) is 0 Å². The largest absolute Gasteiger partial charge is 0.400 e. The molecule has 11 heavy (non-hydrogen) atoms. The standard InChI is InChI=1S/C8H17B2O/c1-6(7(2,3)9)10-8(4,5)11/h6,11H,1-5H3. The third-order valence-electron chi connectivity index (χ3n) is 1.83. The molecule has 61 valence electrons. The molecule has 0 saturated carbocycles. The molecule has 0 aromatic carbocycles. The fourth-order valence-corrected chi connectivity index (χ4v) is 0.827. The summed E-state index contributed by atoms with van der Waals surface area (Å²) in [6.07, 6.45) is 0. The van der Waals surface area contributed by atoms with Gasteiger partial charge in [-0.1, -0.05) is 31.9 Å². The summed E-state index contributed by atoms with van der Waals surface area (Å²) in [5, 5.41) is 9.19.